The minimum absolute atomic E-state index is 0.136. The number of ether oxygens (including phenoxy) is 1. The number of rotatable bonds is 22. The minimum Gasteiger partial charge on any atom is -0.481 e. The predicted octanol–water partition coefficient (Wildman–Crippen LogP) is 7.99. The molecule has 0 aromatic rings. The molecule has 0 bridgehead atoms. The van der Waals surface area contributed by atoms with Crippen molar-refractivity contribution in [3.63, 3.8) is 0 Å². The van der Waals surface area contributed by atoms with Gasteiger partial charge in [-0.3, -0.25) is 9.59 Å². The zero-order chi connectivity index (χ0) is 22.3. The van der Waals surface area contributed by atoms with Crippen LogP contribution in [0.1, 0.15) is 136 Å². The molecule has 30 heavy (non-hydrogen) atoms. The summed E-state index contributed by atoms with van der Waals surface area (Å²) in [6.45, 7) is 4.10. The van der Waals surface area contributed by atoms with Gasteiger partial charge >= 0.3 is 11.9 Å². The summed E-state index contributed by atoms with van der Waals surface area (Å²) >= 11 is 0. The molecule has 0 aromatic heterocycles. The lowest BCUT2D eigenvalue weighted by Crippen LogP contribution is -2.15. The van der Waals surface area contributed by atoms with Gasteiger partial charge in [-0.05, 0) is 51.9 Å². The van der Waals surface area contributed by atoms with Crippen molar-refractivity contribution >= 4 is 11.9 Å². The Hall–Kier alpha value is -1.32. The average molecular weight is 425 g/mol. The number of carboxylic acid groups (broad SMARTS) is 1. The van der Waals surface area contributed by atoms with Gasteiger partial charge in [0, 0.05) is 12.8 Å². The molecule has 0 radical (unpaired) electrons. The summed E-state index contributed by atoms with van der Waals surface area (Å²) in [5.74, 6) is -0.945. The van der Waals surface area contributed by atoms with Crippen LogP contribution < -0.4 is 0 Å². The molecule has 0 aliphatic heterocycles. The monoisotopic (exact) mass is 424 g/mol. The maximum atomic E-state index is 11.8. The second kappa shape index (κ2) is 22.4. The number of carbonyl (C=O) groups is 2. The average Bonchev–Trinajstić information content (AvgIpc) is 2.70. The first kappa shape index (κ1) is 28.7. The lowest BCUT2D eigenvalue weighted by molar-refractivity contribution is -0.148. The molecular formula is C26H48O4. The van der Waals surface area contributed by atoms with Crippen molar-refractivity contribution in [3.8, 4) is 0 Å². The van der Waals surface area contributed by atoms with Crippen LogP contribution in [0, 0.1) is 0 Å². The molecule has 0 amide bonds. The maximum Gasteiger partial charge on any atom is 0.306 e. The van der Waals surface area contributed by atoms with Gasteiger partial charge in [-0.2, -0.15) is 0 Å². The molecule has 4 nitrogen and oxygen atoms in total. The summed E-state index contributed by atoms with van der Waals surface area (Å²) in [7, 11) is 0. The third-order valence-electron chi connectivity index (χ3n) is 5.48. The zero-order valence-corrected chi connectivity index (χ0v) is 19.8. The molecule has 0 aromatic carbocycles. The highest BCUT2D eigenvalue weighted by atomic mass is 16.5. The van der Waals surface area contributed by atoms with E-state index in [1.807, 2.05) is 6.92 Å². The van der Waals surface area contributed by atoms with Crippen LogP contribution in [-0.4, -0.2) is 23.1 Å². The lowest BCUT2D eigenvalue weighted by atomic mass is 10.1. The fraction of sp³-hybridized carbons (Fsp3) is 0.846. The highest BCUT2D eigenvalue weighted by Crippen LogP contribution is 2.12. The minimum atomic E-state index is -0.798. The van der Waals surface area contributed by atoms with Gasteiger partial charge in [-0.1, -0.05) is 83.3 Å². The maximum absolute atomic E-state index is 11.8. The van der Waals surface area contributed by atoms with E-state index >= 15 is 0 Å². The van der Waals surface area contributed by atoms with Gasteiger partial charge in [0.1, 0.15) is 0 Å². The largest absolute Gasteiger partial charge is 0.481 e. The molecule has 0 aliphatic rings. The lowest BCUT2D eigenvalue weighted by Gasteiger charge is -2.12. The molecule has 176 valence electrons. The smallest absolute Gasteiger partial charge is 0.306 e. The third kappa shape index (κ3) is 23.0. The van der Waals surface area contributed by atoms with Crippen LogP contribution >= 0.6 is 0 Å². The SMILES string of the molecule is CCCCCCCC/C=C\CCCCCCCCCC(=O)OC(C)CCCC(=O)O. The van der Waals surface area contributed by atoms with Crippen molar-refractivity contribution in [1.82, 2.24) is 0 Å². The Labute approximate surface area is 185 Å². The van der Waals surface area contributed by atoms with Gasteiger partial charge < -0.3 is 9.84 Å². The van der Waals surface area contributed by atoms with Crippen LogP contribution in [-0.2, 0) is 14.3 Å². The van der Waals surface area contributed by atoms with Crippen LogP contribution in [0.2, 0.25) is 0 Å². The molecule has 0 saturated carbocycles. The van der Waals surface area contributed by atoms with Gasteiger partial charge in [0.2, 0.25) is 0 Å². The van der Waals surface area contributed by atoms with Crippen LogP contribution in [0.15, 0.2) is 12.2 Å². The number of allylic oxidation sites excluding steroid dienone is 2. The first-order valence-electron chi connectivity index (χ1n) is 12.6. The van der Waals surface area contributed by atoms with Crippen LogP contribution in [0.5, 0.6) is 0 Å². The summed E-state index contributed by atoms with van der Waals surface area (Å²) in [5, 5.41) is 8.61. The molecule has 1 atom stereocenters. The molecule has 0 heterocycles. The Morgan fingerprint density at radius 1 is 0.733 bits per heavy atom. The quantitative estimate of drug-likeness (QED) is 0.109. The van der Waals surface area contributed by atoms with E-state index < -0.39 is 5.97 Å². The van der Waals surface area contributed by atoms with E-state index in [9.17, 15) is 9.59 Å². The summed E-state index contributed by atoms with van der Waals surface area (Å²) in [6, 6.07) is 0. The molecule has 1 unspecified atom stereocenters. The van der Waals surface area contributed by atoms with Crippen LogP contribution in [0.3, 0.4) is 0 Å². The second-order valence-electron chi connectivity index (χ2n) is 8.63. The number of carboxylic acids is 1. The van der Waals surface area contributed by atoms with E-state index in [-0.39, 0.29) is 18.5 Å². The zero-order valence-electron chi connectivity index (χ0n) is 19.8. The number of aliphatic carboxylic acids is 1. The Bertz CT molecular complexity index is 431. The fourth-order valence-electron chi connectivity index (χ4n) is 3.58. The van der Waals surface area contributed by atoms with Gasteiger partial charge in [0.25, 0.3) is 0 Å². The molecule has 0 fully saturated rings. The van der Waals surface area contributed by atoms with Crippen molar-refractivity contribution < 1.29 is 19.4 Å². The molecule has 0 aliphatic carbocycles. The highest BCUT2D eigenvalue weighted by Gasteiger charge is 2.10. The number of esters is 1. The van der Waals surface area contributed by atoms with Gasteiger partial charge in [-0.25, -0.2) is 0 Å². The van der Waals surface area contributed by atoms with Crippen molar-refractivity contribution in [3.05, 3.63) is 12.2 Å². The second-order valence-corrected chi connectivity index (χ2v) is 8.63. The molecule has 1 N–H and O–H groups in total. The van der Waals surface area contributed by atoms with E-state index in [2.05, 4.69) is 19.1 Å². The summed E-state index contributed by atoms with van der Waals surface area (Å²) in [5.41, 5.74) is 0. The number of unbranched alkanes of at least 4 members (excludes halogenated alkanes) is 13. The predicted molar refractivity (Wildman–Crippen MR) is 126 cm³/mol. The molecule has 0 saturated heterocycles. The number of hydrogen-bond acceptors (Lipinski definition) is 3. The summed E-state index contributed by atoms with van der Waals surface area (Å²) in [4.78, 5) is 22.2. The van der Waals surface area contributed by atoms with Crippen molar-refractivity contribution in [2.45, 2.75) is 142 Å². The van der Waals surface area contributed by atoms with Crippen molar-refractivity contribution in [1.29, 1.82) is 0 Å². The van der Waals surface area contributed by atoms with Gasteiger partial charge in [0.15, 0.2) is 0 Å². The van der Waals surface area contributed by atoms with Gasteiger partial charge in [0.05, 0.1) is 6.10 Å². The molecule has 0 spiro atoms. The summed E-state index contributed by atoms with van der Waals surface area (Å²) in [6.07, 6.45) is 25.3. The number of carbonyl (C=O) groups excluding carboxylic acids is 1. The highest BCUT2D eigenvalue weighted by molar-refractivity contribution is 5.69. The van der Waals surface area contributed by atoms with E-state index in [4.69, 9.17) is 9.84 Å². The topological polar surface area (TPSA) is 63.6 Å². The Morgan fingerprint density at radius 2 is 1.23 bits per heavy atom. The van der Waals surface area contributed by atoms with E-state index in [1.54, 1.807) is 0 Å². The van der Waals surface area contributed by atoms with E-state index in [0.29, 0.717) is 19.3 Å². The van der Waals surface area contributed by atoms with Gasteiger partial charge in [-0.15, -0.1) is 0 Å². The summed E-state index contributed by atoms with van der Waals surface area (Å²) < 4.78 is 5.32. The molecule has 4 heteroatoms. The van der Waals surface area contributed by atoms with Crippen LogP contribution in [0.4, 0.5) is 0 Å². The standard InChI is InChI=1S/C26H48O4/c1-3-4-5-6-7-8-9-10-11-12-13-14-15-16-17-18-19-23-26(29)30-24(2)21-20-22-25(27)28/h10-11,24H,3-9,12-23H2,1-2H3,(H,27,28)/b11-10-. The van der Waals surface area contributed by atoms with Crippen molar-refractivity contribution in [2.24, 2.45) is 0 Å². The van der Waals surface area contributed by atoms with E-state index in [1.165, 1.54) is 83.5 Å². The molecule has 0 rings (SSSR count). The third-order valence-corrected chi connectivity index (χ3v) is 5.48. The Morgan fingerprint density at radius 3 is 1.77 bits per heavy atom. The van der Waals surface area contributed by atoms with Crippen LogP contribution in [0.25, 0.3) is 0 Å². The Balaban J connectivity index is 3.31. The normalized spacial score (nSPS) is 12.3. The number of hydrogen-bond donors (Lipinski definition) is 1. The fourth-order valence-corrected chi connectivity index (χ4v) is 3.58. The Kier molecular flexibility index (Phi) is 21.4. The molecular weight excluding hydrogens is 376 g/mol. The first-order valence-corrected chi connectivity index (χ1v) is 12.6. The first-order chi connectivity index (χ1) is 14.6. The van der Waals surface area contributed by atoms with E-state index in [0.717, 1.165) is 12.8 Å². The van der Waals surface area contributed by atoms with Crippen molar-refractivity contribution in [2.75, 3.05) is 0 Å².